The van der Waals surface area contributed by atoms with Gasteiger partial charge in [-0.1, -0.05) is 58.0 Å². The van der Waals surface area contributed by atoms with Crippen molar-refractivity contribution >= 4 is 28.9 Å². The van der Waals surface area contributed by atoms with Crippen molar-refractivity contribution in [3.63, 3.8) is 0 Å². The van der Waals surface area contributed by atoms with E-state index in [-0.39, 0.29) is 48.5 Å². The summed E-state index contributed by atoms with van der Waals surface area (Å²) >= 11 is 0. The number of carbonyl (C=O) groups excluding carboxylic acids is 4. The molecule has 2 aromatic rings. The van der Waals surface area contributed by atoms with Crippen LogP contribution in [-0.2, 0) is 36.8 Å². The fourth-order valence-electron chi connectivity index (χ4n) is 8.23. The summed E-state index contributed by atoms with van der Waals surface area (Å²) in [5.41, 5.74) is -3.21. The van der Waals surface area contributed by atoms with Crippen LogP contribution in [0.1, 0.15) is 57.7 Å². The van der Waals surface area contributed by atoms with Crippen LogP contribution in [0.4, 0.5) is 0 Å². The van der Waals surface area contributed by atoms with E-state index < -0.39 is 62.7 Å². The van der Waals surface area contributed by atoms with Gasteiger partial charge in [-0.25, -0.2) is 0 Å². The second-order valence-corrected chi connectivity index (χ2v) is 13.3. The number of aromatic hydroxyl groups is 1. The Morgan fingerprint density at radius 3 is 2.23 bits per heavy atom. The van der Waals surface area contributed by atoms with Gasteiger partial charge in [0.2, 0.25) is 5.78 Å². The molecule has 0 amide bonds. The molecule has 9 heteroatoms. The van der Waals surface area contributed by atoms with Gasteiger partial charge in [0.15, 0.2) is 23.0 Å². The summed E-state index contributed by atoms with van der Waals surface area (Å²) < 4.78 is 4.92. The predicted octanol–water partition coefficient (Wildman–Crippen LogP) is 4.61. The molecule has 4 atom stereocenters. The Hall–Kier alpha value is -4.08. The molecule has 9 nitrogen and oxygen atoms in total. The van der Waals surface area contributed by atoms with Gasteiger partial charge in [-0.05, 0) is 54.0 Å². The summed E-state index contributed by atoms with van der Waals surface area (Å²) in [5.74, 6) is -5.62. The number of fused-ring (bicyclic) bond motifs is 3. The summed E-state index contributed by atoms with van der Waals surface area (Å²) in [6.45, 7) is 8.00. The Bertz CT molecular complexity index is 1680. The number of ketones is 4. The lowest BCUT2D eigenvalue weighted by Crippen LogP contribution is -2.69. The van der Waals surface area contributed by atoms with E-state index in [1.165, 1.54) is 13.2 Å². The highest BCUT2D eigenvalue weighted by molar-refractivity contribution is 6.24. The third kappa shape index (κ3) is 4.28. The molecule has 0 aromatic heterocycles. The van der Waals surface area contributed by atoms with E-state index in [0.717, 1.165) is 18.1 Å². The molecular weight excluding hydrogens is 564 g/mol. The smallest absolute Gasteiger partial charge is 0.203 e. The van der Waals surface area contributed by atoms with Crippen LogP contribution in [0.5, 0.6) is 5.75 Å². The molecule has 44 heavy (non-hydrogen) atoms. The van der Waals surface area contributed by atoms with Crippen LogP contribution in [0.25, 0.3) is 16.9 Å². The average molecular weight is 603 g/mol. The fraction of sp³-hybridized carbons (Fsp3) is 0.429. The zero-order chi connectivity index (χ0) is 32.5. The maximum absolute atomic E-state index is 14.4. The second kappa shape index (κ2) is 10.5. The summed E-state index contributed by atoms with van der Waals surface area (Å²) in [6.07, 6.45) is 0.388. The molecule has 0 bridgehead atoms. The number of rotatable bonds is 7. The van der Waals surface area contributed by atoms with E-state index in [2.05, 4.69) is 0 Å². The van der Waals surface area contributed by atoms with Crippen molar-refractivity contribution < 1.29 is 44.3 Å². The van der Waals surface area contributed by atoms with E-state index in [9.17, 15) is 39.6 Å². The maximum Gasteiger partial charge on any atom is 0.203 e. The van der Waals surface area contributed by atoms with Gasteiger partial charge >= 0.3 is 0 Å². The molecule has 0 heterocycles. The quantitative estimate of drug-likeness (QED) is 0.332. The minimum atomic E-state index is -2.65. The molecule has 0 aliphatic heterocycles. The summed E-state index contributed by atoms with van der Waals surface area (Å²) in [6, 6.07) is 10.5. The number of methoxy groups -OCH3 is 1. The summed E-state index contributed by atoms with van der Waals surface area (Å²) in [5, 5.41) is 46.2. The number of phenolic OH excluding ortho intramolecular Hbond substituents is 1. The first kappa shape index (κ1) is 31.3. The Kier molecular flexibility index (Phi) is 7.50. The molecule has 3 aliphatic rings. The van der Waals surface area contributed by atoms with Crippen LogP contribution in [-0.4, -0.2) is 62.9 Å². The molecule has 1 fully saturated rings. The lowest BCUT2D eigenvalue weighted by Gasteiger charge is -2.59. The van der Waals surface area contributed by atoms with Gasteiger partial charge in [-0.2, -0.15) is 0 Å². The van der Waals surface area contributed by atoms with Crippen LogP contribution in [0, 0.1) is 22.7 Å². The SMILES string of the molecule is COCC(=O)Cc1ccc(-c2ccc(O)c3c2C[C@]2(C)C[C@]4(C)C(C(C)C)C(=O)C(C(C)=O)=C(O)[C@]4(O)C(=O)C2=C3O)cc1. The number of hydrogen-bond donors (Lipinski definition) is 4. The number of hydrogen-bond acceptors (Lipinski definition) is 9. The Labute approximate surface area is 255 Å². The van der Waals surface area contributed by atoms with Gasteiger partial charge in [0.25, 0.3) is 0 Å². The van der Waals surface area contributed by atoms with Crippen LogP contribution in [0.15, 0.2) is 53.3 Å². The highest BCUT2D eigenvalue weighted by atomic mass is 16.5. The highest BCUT2D eigenvalue weighted by Crippen LogP contribution is 2.65. The molecule has 5 rings (SSSR count). The van der Waals surface area contributed by atoms with Crippen LogP contribution >= 0.6 is 0 Å². The van der Waals surface area contributed by atoms with Crippen molar-refractivity contribution in [1.82, 2.24) is 0 Å². The number of ether oxygens (including phenoxy) is 1. The van der Waals surface area contributed by atoms with E-state index in [0.29, 0.717) is 11.1 Å². The summed E-state index contributed by atoms with van der Waals surface area (Å²) in [4.78, 5) is 52.7. The van der Waals surface area contributed by atoms with Crippen molar-refractivity contribution in [3.05, 3.63) is 70.0 Å². The van der Waals surface area contributed by atoms with E-state index in [4.69, 9.17) is 4.74 Å². The number of phenols is 1. The number of allylic oxidation sites excluding steroid dienone is 1. The first-order valence-corrected chi connectivity index (χ1v) is 14.7. The molecule has 0 saturated heterocycles. The largest absolute Gasteiger partial charge is 0.508 e. The molecule has 0 spiro atoms. The van der Waals surface area contributed by atoms with Gasteiger partial charge < -0.3 is 25.2 Å². The Morgan fingerprint density at radius 2 is 1.66 bits per heavy atom. The highest BCUT2D eigenvalue weighted by Gasteiger charge is 2.72. The van der Waals surface area contributed by atoms with Crippen molar-refractivity contribution in [2.45, 2.75) is 59.5 Å². The van der Waals surface area contributed by atoms with Crippen molar-refractivity contribution in [2.75, 3.05) is 13.7 Å². The molecule has 4 N–H and O–H groups in total. The second-order valence-electron chi connectivity index (χ2n) is 13.3. The monoisotopic (exact) mass is 602 g/mol. The lowest BCUT2D eigenvalue weighted by molar-refractivity contribution is -0.178. The maximum atomic E-state index is 14.4. The van der Waals surface area contributed by atoms with Crippen molar-refractivity contribution in [2.24, 2.45) is 22.7 Å². The van der Waals surface area contributed by atoms with Crippen LogP contribution < -0.4 is 0 Å². The molecule has 232 valence electrons. The van der Waals surface area contributed by atoms with Crippen LogP contribution in [0.2, 0.25) is 0 Å². The normalized spacial score (nSPS) is 28.1. The lowest BCUT2D eigenvalue weighted by atomic mass is 9.43. The third-order valence-corrected chi connectivity index (χ3v) is 9.86. The minimum absolute atomic E-state index is 0.0133. The number of carbonyl (C=O) groups is 4. The topological polar surface area (TPSA) is 158 Å². The number of aliphatic hydroxyl groups is 3. The number of aliphatic hydroxyl groups excluding tert-OH is 2. The van der Waals surface area contributed by atoms with Gasteiger partial charge in [-0.3, -0.25) is 19.2 Å². The van der Waals surface area contributed by atoms with Gasteiger partial charge in [0.1, 0.15) is 29.4 Å². The molecule has 2 aromatic carbocycles. The average Bonchev–Trinajstić information content (AvgIpc) is 2.91. The number of Topliss-reactive ketones (excluding diaryl/α,β-unsaturated/α-hetero) is 4. The zero-order valence-electron chi connectivity index (χ0n) is 25.8. The summed E-state index contributed by atoms with van der Waals surface area (Å²) in [7, 11) is 1.46. The fourth-order valence-corrected chi connectivity index (χ4v) is 8.23. The molecule has 0 radical (unpaired) electrons. The zero-order valence-corrected chi connectivity index (χ0v) is 25.8. The van der Waals surface area contributed by atoms with E-state index in [1.54, 1.807) is 33.8 Å². The molecular formula is C35H38O9. The minimum Gasteiger partial charge on any atom is -0.508 e. The van der Waals surface area contributed by atoms with Gasteiger partial charge in [-0.15, -0.1) is 0 Å². The first-order valence-electron chi connectivity index (χ1n) is 14.7. The van der Waals surface area contributed by atoms with Crippen LogP contribution in [0.3, 0.4) is 0 Å². The van der Waals surface area contributed by atoms with Gasteiger partial charge in [0, 0.05) is 35.9 Å². The molecule has 3 aliphatic carbocycles. The number of benzene rings is 2. The van der Waals surface area contributed by atoms with E-state index >= 15 is 0 Å². The van der Waals surface area contributed by atoms with Gasteiger partial charge in [0.05, 0.1) is 5.56 Å². The van der Waals surface area contributed by atoms with Crippen molar-refractivity contribution in [3.8, 4) is 16.9 Å². The first-order chi connectivity index (χ1) is 20.5. The standard InChI is InChI=1S/C35H38O9/c1-17(2)27-29(39)25(18(3)36)31(41)35(43)32(42)28-30(40)26-23(14-33(28,4)16-34(27,35)5)22(11-12-24(26)38)20-9-7-19(8-10-20)13-21(37)15-44-6/h7-12,17,27,38,40-41,43H,13-16H2,1-6H3/t27?,33-,34-,35+/m1/s1. The Morgan fingerprint density at radius 1 is 1.02 bits per heavy atom. The molecule has 1 saturated carbocycles. The van der Waals surface area contributed by atoms with Crippen molar-refractivity contribution in [1.29, 1.82) is 0 Å². The molecule has 1 unspecified atom stereocenters. The Balaban J connectivity index is 1.70. The predicted molar refractivity (Wildman–Crippen MR) is 162 cm³/mol. The van der Waals surface area contributed by atoms with E-state index in [1.807, 2.05) is 24.3 Å². The third-order valence-electron chi connectivity index (χ3n) is 9.86.